The first-order valence-electron chi connectivity index (χ1n) is 6.76. The van der Waals surface area contributed by atoms with Gasteiger partial charge in [0.25, 0.3) is 0 Å². The number of hydrogen-bond acceptors (Lipinski definition) is 5. The summed E-state index contributed by atoms with van der Waals surface area (Å²) in [5, 5.41) is 10.5. The molecule has 0 saturated heterocycles. The lowest BCUT2D eigenvalue weighted by Crippen LogP contribution is -2.42. The Kier molecular flexibility index (Phi) is 3.20. The number of fused-ring (bicyclic) bond motifs is 3. The van der Waals surface area contributed by atoms with Crippen molar-refractivity contribution in [2.24, 2.45) is 5.73 Å². The van der Waals surface area contributed by atoms with Crippen LogP contribution >= 0.6 is 0 Å². The number of carboxylic acids is 1. The molecule has 1 atom stereocenters. The molecule has 0 aliphatic heterocycles. The van der Waals surface area contributed by atoms with Gasteiger partial charge >= 0.3 is 5.97 Å². The fourth-order valence-corrected chi connectivity index (χ4v) is 3.60. The summed E-state index contributed by atoms with van der Waals surface area (Å²) in [6.07, 6.45) is 2.46. The Labute approximate surface area is 132 Å². The minimum absolute atomic E-state index is 0.161. The molecule has 120 valence electrons. The maximum Gasteiger partial charge on any atom is 0.329 e. The number of benzene rings is 1. The zero-order valence-electron chi connectivity index (χ0n) is 12.5. The van der Waals surface area contributed by atoms with Gasteiger partial charge in [-0.1, -0.05) is 18.2 Å². The third-order valence-electron chi connectivity index (χ3n) is 3.82. The number of nitrogens with two attached hydrogens (primary N) is 1. The van der Waals surface area contributed by atoms with E-state index in [-0.39, 0.29) is 5.69 Å². The Hall–Kier alpha value is -2.45. The molecule has 0 amide bonds. The van der Waals surface area contributed by atoms with Crippen molar-refractivity contribution < 1.29 is 18.3 Å². The lowest BCUT2D eigenvalue weighted by atomic mass is 9.97. The highest BCUT2D eigenvalue weighted by molar-refractivity contribution is 7.89. The minimum Gasteiger partial charge on any atom is -0.480 e. The molecule has 0 aliphatic rings. The third kappa shape index (κ3) is 2.27. The quantitative estimate of drug-likeness (QED) is 0.745. The van der Waals surface area contributed by atoms with Crippen LogP contribution < -0.4 is 5.73 Å². The molecule has 3 N–H and O–H groups in total. The first-order valence-corrected chi connectivity index (χ1v) is 8.61. The van der Waals surface area contributed by atoms with Crippen LogP contribution in [0.1, 0.15) is 12.6 Å². The zero-order chi connectivity index (χ0) is 17.0. The van der Waals surface area contributed by atoms with Crippen molar-refractivity contribution in [3.8, 4) is 0 Å². The maximum absolute atomic E-state index is 12.1. The van der Waals surface area contributed by atoms with Crippen molar-refractivity contribution in [2.75, 3.05) is 6.26 Å². The lowest BCUT2D eigenvalue weighted by Gasteiger charge is -2.18. The SMILES string of the molecule is C[C@](N)(C(=O)O)c1cc2c3ccccc3n(S(C)(=O)=O)c2cn1. The Balaban J connectivity index is 2.47. The number of aromatic nitrogens is 2. The van der Waals surface area contributed by atoms with Crippen LogP contribution in [0.15, 0.2) is 36.5 Å². The van der Waals surface area contributed by atoms with Crippen molar-refractivity contribution in [1.29, 1.82) is 0 Å². The van der Waals surface area contributed by atoms with Crippen LogP contribution in [-0.4, -0.2) is 34.7 Å². The number of rotatable bonds is 3. The van der Waals surface area contributed by atoms with E-state index in [1.807, 2.05) is 0 Å². The summed E-state index contributed by atoms with van der Waals surface area (Å²) in [5.41, 5.74) is 5.22. The predicted molar refractivity (Wildman–Crippen MR) is 86.7 cm³/mol. The monoisotopic (exact) mass is 333 g/mol. The number of hydrogen-bond donors (Lipinski definition) is 2. The molecular formula is C15H15N3O4S. The molecule has 0 fully saturated rings. The van der Waals surface area contributed by atoms with Crippen LogP contribution in [-0.2, 0) is 20.4 Å². The van der Waals surface area contributed by atoms with Crippen LogP contribution in [0.4, 0.5) is 0 Å². The summed E-state index contributed by atoms with van der Waals surface area (Å²) in [7, 11) is -3.55. The molecule has 0 saturated carbocycles. The smallest absolute Gasteiger partial charge is 0.329 e. The van der Waals surface area contributed by atoms with Gasteiger partial charge in [0.05, 0.1) is 29.2 Å². The van der Waals surface area contributed by atoms with Crippen LogP contribution in [0.3, 0.4) is 0 Å². The Morgan fingerprint density at radius 1 is 1.26 bits per heavy atom. The van der Waals surface area contributed by atoms with Gasteiger partial charge in [-0.2, -0.15) is 0 Å². The summed E-state index contributed by atoms with van der Waals surface area (Å²) in [6, 6.07) is 8.52. The van der Waals surface area contributed by atoms with Crippen molar-refractivity contribution in [2.45, 2.75) is 12.5 Å². The van der Waals surface area contributed by atoms with E-state index in [0.717, 1.165) is 6.26 Å². The Morgan fingerprint density at radius 3 is 2.52 bits per heavy atom. The number of aliphatic carboxylic acids is 1. The van der Waals surface area contributed by atoms with Gasteiger partial charge in [-0.15, -0.1) is 0 Å². The highest BCUT2D eigenvalue weighted by atomic mass is 32.2. The summed E-state index contributed by atoms with van der Waals surface area (Å²) >= 11 is 0. The fourth-order valence-electron chi connectivity index (χ4n) is 2.58. The number of nitrogens with zero attached hydrogens (tertiary/aromatic N) is 2. The molecule has 0 bridgehead atoms. The van der Waals surface area contributed by atoms with Gasteiger partial charge in [0, 0.05) is 10.8 Å². The van der Waals surface area contributed by atoms with Gasteiger partial charge in [-0.3, -0.25) is 4.98 Å². The molecule has 0 unspecified atom stereocenters. The molecule has 1 aromatic carbocycles. The normalized spacial score (nSPS) is 14.9. The van der Waals surface area contributed by atoms with Crippen LogP contribution in [0, 0.1) is 0 Å². The average Bonchev–Trinajstić information content (AvgIpc) is 2.80. The fraction of sp³-hybridized carbons (Fsp3) is 0.200. The van der Waals surface area contributed by atoms with Crippen molar-refractivity contribution in [3.63, 3.8) is 0 Å². The van der Waals surface area contributed by atoms with Crippen LogP contribution in [0.2, 0.25) is 0 Å². The van der Waals surface area contributed by atoms with E-state index in [1.165, 1.54) is 23.2 Å². The van der Waals surface area contributed by atoms with Gasteiger partial charge in [0.15, 0.2) is 5.54 Å². The number of para-hydroxylation sites is 1. The van der Waals surface area contributed by atoms with E-state index in [9.17, 15) is 18.3 Å². The van der Waals surface area contributed by atoms with E-state index >= 15 is 0 Å². The highest BCUT2D eigenvalue weighted by Gasteiger charge is 2.32. The van der Waals surface area contributed by atoms with Crippen molar-refractivity contribution >= 4 is 37.8 Å². The van der Waals surface area contributed by atoms with Crippen molar-refractivity contribution in [1.82, 2.24) is 8.96 Å². The number of carbonyl (C=O) groups is 1. The second-order valence-electron chi connectivity index (χ2n) is 5.64. The maximum atomic E-state index is 12.1. The largest absolute Gasteiger partial charge is 0.480 e. The molecule has 0 radical (unpaired) electrons. The Bertz CT molecular complexity index is 1050. The molecule has 2 heterocycles. The highest BCUT2D eigenvalue weighted by Crippen LogP contribution is 2.31. The van der Waals surface area contributed by atoms with Gasteiger partial charge in [0.2, 0.25) is 10.0 Å². The molecule has 0 spiro atoms. The van der Waals surface area contributed by atoms with Crippen molar-refractivity contribution in [3.05, 3.63) is 42.2 Å². The topological polar surface area (TPSA) is 115 Å². The van der Waals surface area contributed by atoms with Gasteiger partial charge in [-0.05, 0) is 19.1 Å². The minimum atomic E-state index is -3.55. The Morgan fingerprint density at radius 2 is 1.91 bits per heavy atom. The molecule has 7 nitrogen and oxygen atoms in total. The van der Waals surface area contributed by atoms with Gasteiger partial charge < -0.3 is 10.8 Å². The molecule has 8 heteroatoms. The van der Waals surface area contributed by atoms with E-state index in [4.69, 9.17) is 5.73 Å². The second-order valence-corrected chi connectivity index (χ2v) is 7.47. The molecular weight excluding hydrogens is 318 g/mol. The summed E-state index contributed by atoms with van der Waals surface area (Å²) in [4.78, 5) is 15.4. The van der Waals surface area contributed by atoms with E-state index in [0.29, 0.717) is 21.8 Å². The summed E-state index contributed by atoms with van der Waals surface area (Å²) in [6.45, 7) is 1.35. The predicted octanol–water partition coefficient (Wildman–Crippen LogP) is 1.26. The number of carboxylic acid groups (broad SMARTS) is 1. The third-order valence-corrected chi connectivity index (χ3v) is 4.88. The molecule has 3 rings (SSSR count). The lowest BCUT2D eigenvalue weighted by molar-refractivity contribution is -0.143. The first-order chi connectivity index (χ1) is 10.6. The van der Waals surface area contributed by atoms with E-state index in [2.05, 4.69) is 4.98 Å². The average molecular weight is 333 g/mol. The van der Waals surface area contributed by atoms with Crippen LogP contribution in [0.5, 0.6) is 0 Å². The molecule has 23 heavy (non-hydrogen) atoms. The van der Waals surface area contributed by atoms with Crippen LogP contribution in [0.25, 0.3) is 21.8 Å². The standard InChI is InChI=1S/C15H15N3O4S/c1-15(16,14(19)20)13-7-10-9-5-3-4-6-11(9)18(23(2,21)22)12(10)8-17-13/h3-8H,16H2,1-2H3,(H,19,20)/t15-/m1/s1. The first kappa shape index (κ1) is 15.4. The number of pyridine rings is 1. The zero-order valence-corrected chi connectivity index (χ0v) is 13.3. The molecule has 0 aliphatic carbocycles. The second kappa shape index (κ2) is 4.77. The molecule has 2 aromatic heterocycles. The summed E-state index contributed by atoms with van der Waals surface area (Å²) in [5.74, 6) is -1.21. The van der Waals surface area contributed by atoms with E-state index < -0.39 is 21.5 Å². The summed E-state index contributed by atoms with van der Waals surface area (Å²) < 4.78 is 25.5. The van der Waals surface area contributed by atoms with Gasteiger partial charge in [-0.25, -0.2) is 17.2 Å². The van der Waals surface area contributed by atoms with E-state index in [1.54, 1.807) is 24.3 Å². The van der Waals surface area contributed by atoms with Gasteiger partial charge in [0.1, 0.15) is 0 Å². The molecule has 3 aromatic rings.